The summed E-state index contributed by atoms with van der Waals surface area (Å²) < 4.78 is 28.4. The first-order valence-electron chi connectivity index (χ1n) is 6.42. The summed E-state index contributed by atoms with van der Waals surface area (Å²) in [7, 11) is -3.17. The van der Waals surface area contributed by atoms with E-state index < -0.39 is 9.84 Å². The maximum Gasteiger partial charge on any atom is 0.175 e. The largest absolute Gasteiger partial charge is 0.487 e. The zero-order valence-electron chi connectivity index (χ0n) is 11.7. The van der Waals surface area contributed by atoms with Crippen molar-refractivity contribution in [2.75, 3.05) is 6.26 Å². The van der Waals surface area contributed by atoms with Crippen LogP contribution in [-0.2, 0) is 16.4 Å². The number of sulfone groups is 1. The van der Waals surface area contributed by atoms with Gasteiger partial charge in [0.15, 0.2) is 9.84 Å². The molecule has 0 aliphatic rings. The molecule has 0 amide bonds. The highest BCUT2D eigenvalue weighted by Gasteiger charge is 2.08. The summed E-state index contributed by atoms with van der Waals surface area (Å²) in [6.45, 7) is 0.360. The molecule has 0 atom stereocenters. The second-order valence-corrected chi connectivity index (χ2v) is 8.34. The van der Waals surface area contributed by atoms with E-state index in [-0.39, 0.29) is 4.90 Å². The molecule has 0 spiro atoms. The lowest BCUT2D eigenvalue weighted by atomic mass is 10.3. The van der Waals surface area contributed by atoms with Gasteiger partial charge in [-0.25, -0.2) is 13.4 Å². The second kappa shape index (κ2) is 6.20. The van der Waals surface area contributed by atoms with E-state index in [1.165, 1.54) is 6.26 Å². The minimum Gasteiger partial charge on any atom is -0.487 e. The van der Waals surface area contributed by atoms with Crippen LogP contribution < -0.4 is 4.74 Å². The Bertz CT molecular complexity index is 850. The molecule has 0 saturated heterocycles. The van der Waals surface area contributed by atoms with Crippen LogP contribution in [-0.4, -0.2) is 19.7 Å². The van der Waals surface area contributed by atoms with Crippen LogP contribution in [0.15, 0.2) is 51.4 Å². The Morgan fingerprint density at radius 1 is 1.14 bits per heavy atom. The number of ether oxygens (including phenoxy) is 1. The van der Waals surface area contributed by atoms with Crippen molar-refractivity contribution in [1.82, 2.24) is 4.98 Å². The molecule has 0 radical (unpaired) electrons. The van der Waals surface area contributed by atoms with Gasteiger partial charge in [-0.2, -0.15) is 11.3 Å². The third-order valence-electron chi connectivity index (χ3n) is 2.96. The summed E-state index contributed by atoms with van der Waals surface area (Å²) in [4.78, 5) is 4.81. The molecule has 3 aromatic rings. The number of hydrogen-bond acceptors (Lipinski definition) is 6. The summed E-state index contributed by atoms with van der Waals surface area (Å²) in [5, 5.41) is 7.04. The Kier molecular flexibility index (Phi) is 4.28. The van der Waals surface area contributed by atoms with Crippen LogP contribution >= 0.6 is 22.7 Å². The molecule has 114 valence electrons. The molecule has 0 aliphatic heterocycles. The number of thiazole rings is 1. The number of thiophene rings is 1. The number of benzene rings is 1. The van der Waals surface area contributed by atoms with Crippen molar-refractivity contribution in [3.63, 3.8) is 0 Å². The van der Waals surface area contributed by atoms with E-state index in [1.807, 2.05) is 16.8 Å². The predicted octanol–water partition coefficient (Wildman–Crippen LogP) is 3.85. The van der Waals surface area contributed by atoms with Crippen molar-refractivity contribution in [3.8, 4) is 16.3 Å². The van der Waals surface area contributed by atoms with Gasteiger partial charge in [0.1, 0.15) is 17.4 Å². The molecule has 0 bridgehead atoms. The fourth-order valence-corrected chi connectivity index (χ4v) is 3.98. The molecule has 0 N–H and O–H groups in total. The fraction of sp³-hybridized carbons (Fsp3) is 0.133. The van der Waals surface area contributed by atoms with Crippen molar-refractivity contribution in [2.45, 2.75) is 11.5 Å². The molecule has 2 heterocycles. The van der Waals surface area contributed by atoms with Gasteiger partial charge in [0.25, 0.3) is 0 Å². The molecular weight excluding hydrogens is 338 g/mol. The quantitative estimate of drug-likeness (QED) is 0.700. The van der Waals surface area contributed by atoms with Gasteiger partial charge in [-0.15, -0.1) is 11.3 Å². The van der Waals surface area contributed by atoms with Crippen molar-refractivity contribution >= 4 is 32.5 Å². The van der Waals surface area contributed by atoms with Crippen molar-refractivity contribution in [1.29, 1.82) is 0 Å². The van der Waals surface area contributed by atoms with Crippen molar-refractivity contribution in [3.05, 3.63) is 52.2 Å². The van der Waals surface area contributed by atoms with Crippen LogP contribution in [0.2, 0.25) is 0 Å². The van der Waals surface area contributed by atoms with Gasteiger partial charge in [0.2, 0.25) is 0 Å². The summed E-state index contributed by atoms with van der Waals surface area (Å²) in [5.74, 6) is 0.623. The summed E-state index contributed by atoms with van der Waals surface area (Å²) in [6.07, 6.45) is 1.18. The van der Waals surface area contributed by atoms with Crippen molar-refractivity contribution < 1.29 is 13.2 Å². The highest BCUT2D eigenvalue weighted by molar-refractivity contribution is 7.90. The van der Waals surface area contributed by atoms with Crippen LogP contribution in [0.25, 0.3) is 10.6 Å². The third-order valence-corrected chi connectivity index (χ3v) is 5.71. The first kappa shape index (κ1) is 15.2. The SMILES string of the molecule is CS(=O)(=O)c1ccc(OCc2csc(-c3ccsc3)n2)cc1. The molecule has 0 aliphatic carbocycles. The third kappa shape index (κ3) is 3.55. The smallest absolute Gasteiger partial charge is 0.175 e. The van der Waals surface area contributed by atoms with E-state index >= 15 is 0 Å². The van der Waals surface area contributed by atoms with Crippen LogP contribution in [0.1, 0.15) is 5.69 Å². The zero-order valence-corrected chi connectivity index (χ0v) is 14.2. The number of rotatable bonds is 5. The first-order valence-corrected chi connectivity index (χ1v) is 10.1. The molecule has 2 aromatic heterocycles. The number of hydrogen-bond donors (Lipinski definition) is 0. The Morgan fingerprint density at radius 3 is 2.55 bits per heavy atom. The van der Waals surface area contributed by atoms with E-state index in [1.54, 1.807) is 46.9 Å². The zero-order chi connectivity index (χ0) is 15.6. The van der Waals surface area contributed by atoms with Gasteiger partial charge < -0.3 is 4.74 Å². The Labute approximate surface area is 137 Å². The average Bonchev–Trinajstić information content (AvgIpc) is 3.15. The monoisotopic (exact) mass is 351 g/mol. The molecule has 0 unspecified atom stereocenters. The van der Waals surface area contributed by atoms with E-state index in [4.69, 9.17) is 4.74 Å². The van der Waals surface area contributed by atoms with Gasteiger partial charge in [0, 0.05) is 22.6 Å². The van der Waals surface area contributed by atoms with Crippen LogP contribution in [0.5, 0.6) is 5.75 Å². The summed E-state index contributed by atoms with van der Waals surface area (Å²) in [6, 6.07) is 8.44. The molecule has 22 heavy (non-hydrogen) atoms. The number of aromatic nitrogens is 1. The Morgan fingerprint density at radius 2 is 1.91 bits per heavy atom. The van der Waals surface area contributed by atoms with Gasteiger partial charge >= 0.3 is 0 Å². The van der Waals surface area contributed by atoms with E-state index in [0.29, 0.717) is 12.4 Å². The highest BCUT2D eigenvalue weighted by Crippen LogP contribution is 2.26. The Balaban J connectivity index is 1.65. The molecule has 4 nitrogen and oxygen atoms in total. The maximum absolute atomic E-state index is 11.4. The van der Waals surface area contributed by atoms with Crippen molar-refractivity contribution in [2.24, 2.45) is 0 Å². The predicted molar refractivity (Wildman–Crippen MR) is 89.3 cm³/mol. The Hall–Kier alpha value is -1.70. The minimum absolute atomic E-state index is 0.285. The highest BCUT2D eigenvalue weighted by atomic mass is 32.2. The first-order chi connectivity index (χ1) is 10.5. The van der Waals surface area contributed by atoms with E-state index in [2.05, 4.69) is 10.4 Å². The van der Waals surface area contributed by atoms with Gasteiger partial charge in [0.05, 0.1) is 10.6 Å². The standard InChI is InChI=1S/C15H13NO3S3/c1-22(17,18)14-4-2-13(3-5-14)19-8-12-10-21-15(16-12)11-6-7-20-9-11/h2-7,9-10H,8H2,1H3. The molecule has 3 rings (SSSR count). The lowest BCUT2D eigenvalue weighted by Gasteiger charge is -2.05. The lowest BCUT2D eigenvalue weighted by molar-refractivity contribution is 0.302. The van der Waals surface area contributed by atoms with Crippen LogP contribution in [0, 0.1) is 0 Å². The summed E-state index contributed by atoms with van der Waals surface area (Å²) >= 11 is 3.23. The lowest BCUT2D eigenvalue weighted by Crippen LogP contribution is -1.98. The fourth-order valence-electron chi connectivity index (χ4n) is 1.83. The second-order valence-electron chi connectivity index (χ2n) is 4.69. The molecular formula is C15H13NO3S3. The topological polar surface area (TPSA) is 56.3 Å². The number of nitrogens with zero attached hydrogens (tertiary/aromatic N) is 1. The van der Waals surface area contributed by atoms with E-state index in [0.717, 1.165) is 16.3 Å². The molecule has 1 aromatic carbocycles. The van der Waals surface area contributed by atoms with Gasteiger partial charge in [-0.05, 0) is 35.7 Å². The molecule has 0 saturated carbocycles. The summed E-state index contributed by atoms with van der Waals surface area (Å²) in [5.41, 5.74) is 1.98. The average molecular weight is 351 g/mol. The molecule has 0 fully saturated rings. The minimum atomic E-state index is -3.17. The van der Waals surface area contributed by atoms with Gasteiger partial charge in [-0.1, -0.05) is 0 Å². The van der Waals surface area contributed by atoms with Crippen LogP contribution in [0.4, 0.5) is 0 Å². The normalized spacial score (nSPS) is 11.5. The molecule has 7 heteroatoms. The maximum atomic E-state index is 11.4. The van der Waals surface area contributed by atoms with Gasteiger partial charge in [-0.3, -0.25) is 0 Å². The van der Waals surface area contributed by atoms with E-state index in [9.17, 15) is 8.42 Å². The van der Waals surface area contributed by atoms with Crippen LogP contribution in [0.3, 0.4) is 0 Å².